The van der Waals surface area contributed by atoms with Crippen LogP contribution < -0.4 is 10.1 Å². The molecule has 110 valence electrons. The van der Waals surface area contributed by atoms with Crippen molar-refractivity contribution >= 4 is 23.0 Å². The molecule has 0 fully saturated rings. The molecule has 0 radical (unpaired) electrons. The summed E-state index contributed by atoms with van der Waals surface area (Å²) in [7, 11) is 1.62. The van der Waals surface area contributed by atoms with Crippen molar-refractivity contribution in [3.05, 3.63) is 63.2 Å². The number of halogens is 1. The lowest BCUT2D eigenvalue weighted by atomic mass is 10.1. The number of rotatable bonds is 5. The maximum atomic E-state index is 10.7. The summed E-state index contributed by atoms with van der Waals surface area (Å²) in [5.74, 6) is 0.783. The molecule has 0 aliphatic heterocycles. The number of ether oxygens (including phenoxy) is 1. The topological polar surface area (TPSA) is 64.4 Å². The Morgan fingerprint density at radius 3 is 2.62 bits per heavy atom. The van der Waals surface area contributed by atoms with Gasteiger partial charge in [-0.1, -0.05) is 29.8 Å². The molecule has 1 atom stereocenters. The van der Waals surface area contributed by atoms with Crippen molar-refractivity contribution in [1.82, 2.24) is 0 Å². The largest absolute Gasteiger partial charge is 0.496 e. The van der Waals surface area contributed by atoms with Crippen LogP contribution in [-0.4, -0.2) is 12.0 Å². The zero-order valence-corrected chi connectivity index (χ0v) is 12.4. The van der Waals surface area contributed by atoms with E-state index in [9.17, 15) is 10.1 Å². The Balaban J connectivity index is 2.21. The summed E-state index contributed by atoms with van der Waals surface area (Å²) in [4.78, 5) is 10.2. The van der Waals surface area contributed by atoms with Crippen molar-refractivity contribution in [2.45, 2.75) is 13.0 Å². The van der Waals surface area contributed by atoms with Gasteiger partial charge in [0.15, 0.2) is 0 Å². The van der Waals surface area contributed by atoms with E-state index >= 15 is 0 Å². The quantitative estimate of drug-likeness (QED) is 0.655. The molecular weight excluding hydrogens is 292 g/mol. The molecule has 6 heteroatoms. The van der Waals surface area contributed by atoms with Crippen molar-refractivity contribution in [2.24, 2.45) is 0 Å². The highest BCUT2D eigenvalue weighted by atomic mass is 35.5. The van der Waals surface area contributed by atoms with Gasteiger partial charge in [0.05, 0.1) is 18.1 Å². The third-order valence-corrected chi connectivity index (χ3v) is 3.44. The fourth-order valence-electron chi connectivity index (χ4n) is 2.10. The zero-order valence-electron chi connectivity index (χ0n) is 11.7. The van der Waals surface area contributed by atoms with Gasteiger partial charge in [-0.3, -0.25) is 10.1 Å². The predicted octanol–water partition coefficient (Wildman–Crippen LogP) is 4.43. The van der Waals surface area contributed by atoms with E-state index in [1.165, 1.54) is 6.07 Å². The number of nitro benzene ring substituents is 1. The van der Waals surface area contributed by atoms with E-state index in [2.05, 4.69) is 5.32 Å². The van der Waals surface area contributed by atoms with Crippen molar-refractivity contribution in [3.8, 4) is 5.75 Å². The summed E-state index contributed by atoms with van der Waals surface area (Å²) < 4.78 is 5.32. The Hall–Kier alpha value is -2.27. The average Bonchev–Trinajstić information content (AvgIpc) is 2.46. The van der Waals surface area contributed by atoms with Gasteiger partial charge in [0, 0.05) is 17.3 Å². The molecular formula is C15H15ClN2O3. The van der Waals surface area contributed by atoms with Gasteiger partial charge in [-0.2, -0.15) is 0 Å². The molecule has 2 rings (SSSR count). The van der Waals surface area contributed by atoms with Crippen LogP contribution in [0, 0.1) is 10.1 Å². The van der Waals surface area contributed by atoms with Crippen molar-refractivity contribution < 1.29 is 9.66 Å². The molecule has 5 nitrogen and oxygen atoms in total. The molecule has 1 N–H and O–H groups in total. The van der Waals surface area contributed by atoms with Crippen LogP contribution in [0.5, 0.6) is 5.75 Å². The number of para-hydroxylation sites is 1. The monoisotopic (exact) mass is 306 g/mol. The highest BCUT2D eigenvalue weighted by Gasteiger charge is 2.14. The van der Waals surface area contributed by atoms with Gasteiger partial charge in [0.2, 0.25) is 0 Å². The summed E-state index contributed by atoms with van der Waals surface area (Å²) in [5.41, 5.74) is 1.60. The number of methoxy groups -OCH3 is 1. The van der Waals surface area contributed by atoms with Gasteiger partial charge < -0.3 is 10.1 Å². The number of nitro groups is 1. The van der Waals surface area contributed by atoms with Crippen LogP contribution >= 0.6 is 11.6 Å². The summed E-state index contributed by atoms with van der Waals surface area (Å²) in [6.07, 6.45) is 0. The lowest BCUT2D eigenvalue weighted by Gasteiger charge is -2.18. The lowest BCUT2D eigenvalue weighted by Crippen LogP contribution is -2.08. The minimum atomic E-state index is -0.504. The average molecular weight is 307 g/mol. The fraction of sp³-hybridized carbons (Fsp3) is 0.200. The molecule has 0 saturated carbocycles. The summed E-state index contributed by atoms with van der Waals surface area (Å²) in [5, 5.41) is 14.1. The highest BCUT2D eigenvalue weighted by Crippen LogP contribution is 2.31. The number of benzene rings is 2. The fourth-order valence-corrected chi connectivity index (χ4v) is 2.35. The first-order valence-electron chi connectivity index (χ1n) is 6.36. The molecule has 0 aliphatic carbocycles. The second-order valence-corrected chi connectivity index (χ2v) is 4.94. The molecule has 21 heavy (non-hydrogen) atoms. The molecule has 0 saturated heterocycles. The molecule has 2 aromatic carbocycles. The van der Waals surface area contributed by atoms with Crippen LogP contribution in [0.15, 0.2) is 42.5 Å². The van der Waals surface area contributed by atoms with Crippen LogP contribution in [0.4, 0.5) is 11.4 Å². The van der Waals surface area contributed by atoms with Crippen LogP contribution in [0.2, 0.25) is 5.02 Å². The predicted molar refractivity (Wildman–Crippen MR) is 83.1 cm³/mol. The molecule has 0 aliphatic rings. The van der Waals surface area contributed by atoms with E-state index in [1.807, 2.05) is 31.2 Å². The first-order chi connectivity index (χ1) is 10.0. The second-order valence-electron chi connectivity index (χ2n) is 4.53. The van der Waals surface area contributed by atoms with E-state index in [0.717, 1.165) is 11.3 Å². The van der Waals surface area contributed by atoms with Gasteiger partial charge >= 0.3 is 0 Å². The van der Waals surface area contributed by atoms with Gasteiger partial charge in [0.1, 0.15) is 10.8 Å². The van der Waals surface area contributed by atoms with Crippen molar-refractivity contribution in [3.63, 3.8) is 0 Å². The summed E-state index contributed by atoms with van der Waals surface area (Å²) in [6, 6.07) is 12.2. The lowest BCUT2D eigenvalue weighted by molar-refractivity contribution is -0.384. The molecule has 0 bridgehead atoms. The summed E-state index contributed by atoms with van der Waals surface area (Å²) in [6.45, 7) is 1.98. The van der Waals surface area contributed by atoms with Crippen LogP contribution in [0.3, 0.4) is 0 Å². The maximum absolute atomic E-state index is 10.7. The SMILES string of the molecule is COc1ccccc1C(C)Nc1ccc([N+](=O)[O-])c(Cl)c1. The van der Waals surface area contributed by atoms with Crippen molar-refractivity contribution in [2.75, 3.05) is 12.4 Å². The molecule has 2 aromatic rings. The third-order valence-electron chi connectivity index (χ3n) is 3.13. The Kier molecular flexibility index (Phi) is 4.65. The Morgan fingerprint density at radius 2 is 2.00 bits per heavy atom. The van der Waals surface area contributed by atoms with Crippen LogP contribution in [-0.2, 0) is 0 Å². The van der Waals surface area contributed by atoms with E-state index < -0.39 is 4.92 Å². The normalized spacial score (nSPS) is 11.8. The third kappa shape index (κ3) is 3.44. The second kappa shape index (κ2) is 6.45. The first-order valence-corrected chi connectivity index (χ1v) is 6.74. The molecule has 0 spiro atoms. The Bertz CT molecular complexity index is 661. The molecule has 0 amide bonds. The van der Waals surface area contributed by atoms with Crippen molar-refractivity contribution in [1.29, 1.82) is 0 Å². The molecule has 0 aromatic heterocycles. The van der Waals surface area contributed by atoms with E-state index in [-0.39, 0.29) is 16.8 Å². The first kappa shape index (κ1) is 15.1. The van der Waals surface area contributed by atoms with Gasteiger partial charge in [-0.05, 0) is 25.1 Å². The minimum Gasteiger partial charge on any atom is -0.496 e. The number of anilines is 1. The number of hydrogen-bond acceptors (Lipinski definition) is 4. The Labute approximate surface area is 127 Å². The minimum absolute atomic E-state index is 0.0290. The maximum Gasteiger partial charge on any atom is 0.288 e. The number of nitrogens with zero attached hydrogens (tertiary/aromatic N) is 1. The van der Waals surface area contributed by atoms with E-state index in [1.54, 1.807) is 19.2 Å². The van der Waals surface area contributed by atoms with Gasteiger partial charge in [0.25, 0.3) is 5.69 Å². The zero-order chi connectivity index (χ0) is 15.4. The van der Waals surface area contributed by atoms with Gasteiger partial charge in [-0.15, -0.1) is 0 Å². The molecule has 0 heterocycles. The highest BCUT2D eigenvalue weighted by molar-refractivity contribution is 6.32. The Morgan fingerprint density at radius 1 is 1.29 bits per heavy atom. The number of nitrogens with one attached hydrogen (secondary N) is 1. The van der Waals surface area contributed by atoms with Gasteiger partial charge in [-0.25, -0.2) is 0 Å². The van der Waals surface area contributed by atoms with Crippen LogP contribution in [0.25, 0.3) is 0 Å². The van der Waals surface area contributed by atoms with E-state index in [4.69, 9.17) is 16.3 Å². The van der Waals surface area contributed by atoms with E-state index in [0.29, 0.717) is 5.69 Å². The van der Waals surface area contributed by atoms with Crippen LogP contribution in [0.1, 0.15) is 18.5 Å². The summed E-state index contributed by atoms with van der Waals surface area (Å²) >= 11 is 5.91. The smallest absolute Gasteiger partial charge is 0.288 e. The molecule has 1 unspecified atom stereocenters. The standard InChI is InChI=1S/C15H15ClN2O3/c1-10(12-5-3-4-6-15(12)21-2)17-11-7-8-14(18(19)20)13(16)9-11/h3-10,17H,1-2H3. The number of hydrogen-bond donors (Lipinski definition) is 1.